The number of nitrogens with one attached hydrogen (secondary N) is 1. The van der Waals surface area contributed by atoms with Gasteiger partial charge in [0.1, 0.15) is 11.5 Å². The van der Waals surface area contributed by atoms with Crippen molar-refractivity contribution in [2.45, 2.75) is 13.0 Å². The smallest absolute Gasteiger partial charge is 0.251 e. The number of benzene rings is 3. The molecule has 0 radical (unpaired) electrons. The Morgan fingerprint density at radius 2 is 1.90 bits per heavy atom. The van der Waals surface area contributed by atoms with Gasteiger partial charge in [-0.25, -0.2) is 9.07 Å². The molecule has 4 rings (SSSR count). The number of fused-ring (bicyclic) bond motifs is 1. The van der Waals surface area contributed by atoms with E-state index >= 15 is 0 Å². The number of carbonyl (C=O) groups is 1. The average molecular weight is 424 g/mol. The van der Waals surface area contributed by atoms with Crippen LogP contribution in [0.2, 0.25) is 5.02 Å². The van der Waals surface area contributed by atoms with Crippen molar-refractivity contribution in [1.82, 2.24) is 15.1 Å². The first-order valence-corrected chi connectivity index (χ1v) is 9.81. The predicted octanol–water partition coefficient (Wildman–Crippen LogP) is 4.60. The third kappa shape index (κ3) is 3.79. The fourth-order valence-electron chi connectivity index (χ4n) is 3.24. The first kappa shape index (κ1) is 20.1. The normalized spacial score (nSPS) is 12.1. The van der Waals surface area contributed by atoms with Crippen LogP contribution in [-0.2, 0) is 0 Å². The molecule has 0 aliphatic rings. The molecule has 0 fully saturated rings. The number of carbonyl (C=O) groups excluding carboxylic acids is 1. The second-order valence-electron chi connectivity index (χ2n) is 7.01. The maximum atomic E-state index is 13.4. The predicted molar refractivity (Wildman–Crippen MR) is 115 cm³/mol. The van der Waals surface area contributed by atoms with Crippen molar-refractivity contribution in [3.05, 3.63) is 83.1 Å². The molecule has 1 unspecified atom stereocenters. The van der Waals surface area contributed by atoms with Crippen LogP contribution in [0.25, 0.3) is 27.8 Å². The van der Waals surface area contributed by atoms with Crippen molar-refractivity contribution < 1.29 is 14.3 Å². The van der Waals surface area contributed by atoms with Crippen LogP contribution in [0, 0.1) is 5.82 Å². The highest BCUT2D eigenvalue weighted by atomic mass is 35.5. The fourth-order valence-corrected chi connectivity index (χ4v) is 3.47. The third-order valence-electron chi connectivity index (χ3n) is 4.79. The maximum Gasteiger partial charge on any atom is 0.251 e. The summed E-state index contributed by atoms with van der Waals surface area (Å²) in [6, 6.07) is 18.2. The van der Waals surface area contributed by atoms with Crippen LogP contribution >= 0.6 is 11.6 Å². The average Bonchev–Trinajstić information content (AvgIpc) is 3.13. The Balaban J connectivity index is 1.91. The number of halogens is 2. The first-order chi connectivity index (χ1) is 14.5. The van der Waals surface area contributed by atoms with Crippen molar-refractivity contribution in [2.24, 2.45) is 0 Å². The first-order valence-electron chi connectivity index (χ1n) is 9.43. The minimum absolute atomic E-state index is 0.155. The van der Waals surface area contributed by atoms with Gasteiger partial charge in [-0.1, -0.05) is 29.8 Å². The molecule has 0 spiro atoms. The van der Waals surface area contributed by atoms with Gasteiger partial charge in [0.25, 0.3) is 5.91 Å². The second-order valence-corrected chi connectivity index (χ2v) is 7.41. The van der Waals surface area contributed by atoms with E-state index in [2.05, 4.69) is 5.32 Å². The van der Waals surface area contributed by atoms with Gasteiger partial charge in [0.05, 0.1) is 22.8 Å². The second kappa shape index (κ2) is 8.26. The van der Waals surface area contributed by atoms with Crippen LogP contribution in [-0.4, -0.2) is 33.4 Å². The Kier molecular flexibility index (Phi) is 5.53. The summed E-state index contributed by atoms with van der Waals surface area (Å²) in [5, 5.41) is 18.0. The highest BCUT2D eigenvalue weighted by Gasteiger charge is 2.18. The topological polar surface area (TPSA) is 67.2 Å². The number of aliphatic hydroxyl groups is 1. The molecule has 1 atom stereocenters. The van der Waals surface area contributed by atoms with Gasteiger partial charge < -0.3 is 10.4 Å². The molecule has 152 valence electrons. The van der Waals surface area contributed by atoms with E-state index in [-0.39, 0.29) is 24.4 Å². The van der Waals surface area contributed by atoms with Crippen molar-refractivity contribution in [1.29, 1.82) is 0 Å². The lowest BCUT2D eigenvalue weighted by Gasteiger charge is -2.11. The number of hydrogen-bond acceptors (Lipinski definition) is 3. The van der Waals surface area contributed by atoms with Gasteiger partial charge in [-0.15, -0.1) is 0 Å². The molecule has 0 aliphatic heterocycles. The van der Waals surface area contributed by atoms with E-state index in [1.54, 1.807) is 41.9 Å². The summed E-state index contributed by atoms with van der Waals surface area (Å²) in [5.41, 5.74) is 3.19. The largest absolute Gasteiger partial charge is 0.394 e. The summed E-state index contributed by atoms with van der Waals surface area (Å²) >= 11 is 6.40. The van der Waals surface area contributed by atoms with Gasteiger partial charge in [-0.3, -0.25) is 4.79 Å². The molecule has 0 saturated heterocycles. The zero-order valence-electron chi connectivity index (χ0n) is 16.1. The Hall–Kier alpha value is -3.22. The summed E-state index contributed by atoms with van der Waals surface area (Å²) in [6.07, 6.45) is 0. The maximum absolute atomic E-state index is 13.4. The van der Waals surface area contributed by atoms with Crippen LogP contribution in [0.4, 0.5) is 4.39 Å². The lowest BCUT2D eigenvalue weighted by atomic mass is 10.1. The van der Waals surface area contributed by atoms with Gasteiger partial charge in [-0.05, 0) is 55.5 Å². The highest BCUT2D eigenvalue weighted by molar-refractivity contribution is 6.33. The molecule has 0 aliphatic carbocycles. The summed E-state index contributed by atoms with van der Waals surface area (Å²) in [4.78, 5) is 12.6. The molecule has 1 aromatic heterocycles. The Bertz CT molecular complexity index is 1220. The molecule has 0 saturated carbocycles. The highest BCUT2D eigenvalue weighted by Crippen LogP contribution is 2.34. The van der Waals surface area contributed by atoms with Crippen LogP contribution in [0.1, 0.15) is 17.3 Å². The lowest BCUT2D eigenvalue weighted by Crippen LogP contribution is -2.34. The van der Waals surface area contributed by atoms with Gasteiger partial charge >= 0.3 is 0 Å². The number of aliphatic hydroxyl groups excluding tert-OH is 1. The van der Waals surface area contributed by atoms with Crippen molar-refractivity contribution >= 4 is 28.4 Å². The van der Waals surface area contributed by atoms with Gasteiger partial charge in [-0.2, -0.15) is 5.10 Å². The molecule has 30 heavy (non-hydrogen) atoms. The summed E-state index contributed by atoms with van der Waals surface area (Å²) in [6.45, 7) is 1.56. The van der Waals surface area contributed by atoms with E-state index in [0.29, 0.717) is 27.5 Å². The molecule has 0 bridgehead atoms. The van der Waals surface area contributed by atoms with Crippen molar-refractivity contribution in [3.63, 3.8) is 0 Å². The Morgan fingerprint density at radius 1 is 1.17 bits per heavy atom. The van der Waals surface area contributed by atoms with E-state index in [1.807, 2.05) is 24.3 Å². The monoisotopic (exact) mass is 423 g/mol. The Labute approximate surface area is 177 Å². The molecule has 1 heterocycles. The molecule has 1 amide bonds. The van der Waals surface area contributed by atoms with E-state index in [9.17, 15) is 14.3 Å². The quantitative estimate of drug-likeness (QED) is 0.493. The van der Waals surface area contributed by atoms with Gasteiger partial charge in [0.2, 0.25) is 0 Å². The van der Waals surface area contributed by atoms with E-state index < -0.39 is 0 Å². The zero-order valence-corrected chi connectivity index (χ0v) is 16.9. The van der Waals surface area contributed by atoms with Crippen LogP contribution < -0.4 is 5.32 Å². The molecule has 3 aromatic carbocycles. The minimum Gasteiger partial charge on any atom is -0.394 e. The molecular formula is C23H19ClFN3O2. The number of amides is 1. The van der Waals surface area contributed by atoms with Crippen molar-refractivity contribution in [2.75, 3.05) is 6.61 Å². The fraction of sp³-hybridized carbons (Fsp3) is 0.130. The molecule has 5 nitrogen and oxygen atoms in total. The van der Waals surface area contributed by atoms with Crippen LogP contribution in [0.3, 0.4) is 0 Å². The Morgan fingerprint density at radius 3 is 2.60 bits per heavy atom. The van der Waals surface area contributed by atoms with Gasteiger partial charge in [0.15, 0.2) is 0 Å². The standard InChI is InChI=1S/C23H19ClFN3O2/c1-14(13-29)26-23(30)15-6-11-19-21(12-15)28(17-9-7-16(25)8-10-17)27-22(19)18-4-2-3-5-20(18)24/h2-12,14,29H,13H2,1H3,(H,26,30). The van der Waals surface area contributed by atoms with E-state index in [1.165, 1.54) is 12.1 Å². The number of hydrogen-bond donors (Lipinski definition) is 2. The molecule has 4 aromatic rings. The minimum atomic E-state index is -0.367. The van der Waals surface area contributed by atoms with E-state index in [0.717, 1.165) is 10.9 Å². The molecule has 7 heteroatoms. The summed E-state index contributed by atoms with van der Waals surface area (Å²) in [7, 11) is 0. The summed E-state index contributed by atoms with van der Waals surface area (Å²) < 4.78 is 15.1. The molecular weight excluding hydrogens is 405 g/mol. The number of aromatic nitrogens is 2. The summed E-state index contributed by atoms with van der Waals surface area (Å²) in [5.74, 6) is -0.649. The van der Waals surface area contributed by atoms with E-state index in [4.69, 9.17) is 16.7 Å². The van der Waals surface area contributed by atoms with Crippen molar-refractivity contribution in [3.8, 4) is 16.9 Å². The van der Waals surface area contributed by atoms with Crippen LogP contribution in [0.15, 0.2) is 66.7 Å². The zero-order chi connectivity index (χ0) is 21.3. The van der Waals surface area contributed by atoms with Crippen LogP contribution in [0.5, 0.6) is 0 Å². The molecule has 2 N–H and O–H groups in total. The van der Waals surface area contributed by atoms with Gasteiger partial charge in [0, 0.05) is 22.6 Å². The third-order valence-corrected chi connectivity index (χ3v) is 5.12. The SMILES string of the molecule is CC(CO)NC(=O)c1ccc2c(-c3ccccc3Cl)nn(-c3ccc(F)cc3)c2c1. The number of nitrogens with zero attached hydrogens (tertiary/aromatic N) is 2. The number of rotatable bonds is 5. The lowest BCUT2D eigenvalue weighted by molar-refractivity contribution is 0.0922.